The van der Waals surface area contributed by atoms with Gasteiger partial charge in [-0.15, -0.1) is 83.5 Å². The average Bonchev–Trinajstić information content (AvgIpc) is 3.02. The first-order valence-electron chi connectivity index (χ1n) is 13.6. The van der Waals surface area contributed by atoms with Crippen LogP contribution in [0, 0.1) is 159 Å². The van der Waals surface area contributed by atoms with Crippen LogP contribution >= 0.6 is 0 Å². The maximum absolute atomic E-state index is 6.06. The molecule has 43 heavy (non-hydrogen) atoms. The molecule has 0 saturated heterocycles. The monoisotopic (exact) mass is 524 g/mol. The Bertz CT molecular complexity index is 1320. The van der Waals surface area contributed by atoms with Gasteiger partial charge in [0.15, 0.2) is 6.60 Å². The third kappa shape index (κ3) is 8.60. The van der Waals surface area contributed by atoms with Crippen molar-refractivity contribution in [3.63, 3.8) is 0 Å². The van der Waals surface area contributed by atoms with E-state index >= 15 is 0 Å². The summed E-state index contributed by atoms with van der Waals surface area (Å²) in [6.07, 6.45) is 74.1. The molecule has 0 fully saturated rings. The molecule has 0 atom stereocenters. The van der Waals surface area contributed by atoms with Gasteiger partial charge in [0.25, 0.3) is 39.6 Å². The van der Waals surface area contributed by atoms with Crippen molar-refractivity contribution >= 4 is 91.1 Å². The molecule has 0 heterocycles. The zero-order valence-corrected chi connectivity index (χ0v) is 25.1. The largest absolute Gasteiger partial charge is 0.266 e. The quantitative estimate of drug-likeness (QED) is 0.196. The second kappa shape index (κ2) is 19.3. The standard InChI is InChI=1S/C29H22B14/c1-17-31(16)38(30(14)15)42(39(32(18-2)19-3)33(20-4)21-5)43(40(34(22-6)23-7)35(24-8)25-9)41(36(26-10)27-11)37(28-12)29-13/h1-13H,14-16H3. The number of hydrogen-bond acceptors (Lipinski definition) is 0. The van der Waals surface area contributed by atoms with Crippen LogP contribution in [0.25, 0.3) is 0 Å². The molecule has 0 aliphatic rings. The summed E-state index contributed by atoms with van der Waals surface area (Å²) < 4.78 is 0. The van der Waals surface area contributed by atoms with Gasteiger partial charge in [-0.3, -0.25) is 0 Å². The summed E-state index contributed by atoms with van der Waals surface area (Å²) in [4.78, 5) is 0. The molecule has 0 radical (unpaired) electrons. The van der Waals surface area contributed by atoms with Crippen molar-refractivity contribution in [3.8, 4) is 159 Å². The topological polar surface area (TPSA) is 0 Å². The van der Waals surface area contributed by atoms with Crippen LogP contribution in [0.4, 0.5) is 0 Å². The molecule has 14 heteroatoms. The van der Waals surface area contributed by atoms with E-state index in [0.717, 1.165) is 0 Å². The SMILES string of the molecule is C#CB(C)B(B(C)C)B(B(B(C#C)C#C)B(C#C)C#C)B(B(B(C#C)C#C)B(C#C)C#C)B(B(C#C)C#C)B(C#C)C#C. The van der Waals surface area contributed by atoms with Crippen molar-refractivity contribution in [3.05, 3.63) is 0 Å². The van der Waals surface area contributed by atoms with Crippen molar-refractivity contribution in [2.24, 2.45) is 0 Å². The Morgan fingerprint density at radius 3 is 0.581 bits per heavy atom. The molecule has 0 aliphatic heterocycles. The maximum Gasteiger partial charge on any atom is 0.266 e. The first kappa shape index (κ1) is 38.2. The predicted octanol–water partition coefficient (Wildman–Crippen LogP) is -1.94. The molecule has 0 aromatic carbocycles. The summed E-state index contributed by atoms with van der Waals surface area (Å²) in [5, 5.41) is 0. The van der Waals surface area contributed by atoms with Crippen LogP contribution in [-0.4, -0.2) is 91.1 Å². The van der Waals surface area contributed by atoms with Crippen molar-refractivity contribution in [1.82, 2.24) is 0 Å². The number of rotatable bonds is 13. The van der Waals surface area contributed by atoms with Gasteiger partial charge in [0.2, 0.25) is 0 Å². The van der Waals surface area contributed by atoms with Gasteiger partial charge >= 0.3 is 0 Å². The molecule has 0 N–H and O–H groups in total. The molecule has 0 rings (SSSR count). The molecule has 0 aromatic heterocycles. The van der Waals surface area contributed by atoms with E-state index in [2.05, 4.69) is 75.7 Å². The molecule has 0 nitrogen and oxygen atoms in total. The van der Waals surface area contributed by atoms with Gasteiger partial charge in [0.05, 0.1) is 13.0 Å². The molecule has 180 valence electrons. The van der Waals surface area contributed by atoms with E-state index in [0.29, 0.717) is 0 Å². The van der Waals surface area contributed by atoms with Gasteiger partial charge in [0.1, 0.15) is 19.2 Å². The minimum absolute atomic E-state index is 0.0924. The highest BCUT2D eigenvalue weighted by molar-refractivity contribution is 8.19. The fourth-order valence-electron chi connectivity index (χ4n) is 6.54. The molecule has 0 bridgehead atoms. The van der Waals surface area contributed by atoms with E-state index in [1.54, 1.807) is 0 Å². The minimum atomic E-state index is -0.917. The van der Waals surface area contributed by atoms with Crippen molar-refractivity contribution < 1.29 is 0 Å². The summed E-state index contributed by atoms with van der Waals surface area (Å²) in [5.74, 6) is 35.0. The van der Waals surface area contributed by atoms with E-state index in [-0.39, 0.29) is 19.6 Å². The zero-order valence-electron chi connectivity index (χ0n) is 25.1. The molecule has 0 aliphatic carbocycles. The lowest BCUT2D eigenvalue weighted by Crippen LogP contribution is -2.86. The van der Waals surface area contributed by atoms with Crippen LogP contribution in [0.5, 0.6) is 0 Å². The molecule has 0 spiro atoms. The lowest BCUT2D eigenvalue weighted by molar-refractivity contribution is 2.09. The Kier molecular flexibility index (Phi) is 17.2. The summed E-state index contributed by atoms with van der Waals surface area (Å²) in [6, 6.07) is 0. The Morgan fingerprint density at radius 1 is 0.256 bits per heavy atom. The maximum atomic E-state index is 6.06. The second-order valence-electron chi connectivity index (χ2n) is 10.5. The highest BCUT2D eigenvalue weighted by Gasteiger charge is 2.62. The first-order chi connectivity index (χ1) is 20.6. The lowest BCUT2D eigenvalue weighted by Gasteiger charge is -2.43. The number of hydrogen-bond donors (Lipinski definition) is 0. The molecule has 0 unspecified atom stereocenters. The van der Waals surface area contributed by atoms with Crippen molar-refractivity contribution in [1.29, 1.82) is 0 Å². The van der Waals surface area contributed by atoms with Crippen LogP contribution in [0.3, 0.4) is 0 Å². The Hall–Kier alpha value is -4.81. The molecule has 0 aromatic rings. The highest BCUT2D eigenvalue weighted by atomic mass is 13.6. The molecular formula is C29H22B14. The van der Waals surface area contributed by atoms with Gasteiger partial charge in [0, 0.05) is 12.8 Å². The van der Waals surface area contributed by atoms with Gasteiger partial charge in [-0.2, -0.15) is 75.7 Å². The summed E-state index contributed by atoms with van der Waals surface area (Å²) in [6.45, 7) is 0.0354. The van der Waals surface area contributed by atoms with Crippen LogP contribution in [0.1, 0.15) is 0 Å². The third-order valence-corrected chi connectivity index (χ3v) is 8.30. The molecular weight excluding hydrogens is 500 g/mol. The average molecular weight is 522 g/mol. The molecule has 0 amide bonds. The van der Waals surface area contributed by atoms with E-state index in [4.69, 9.17) is 83.5 Å². The van der Waals surface area contributed by atoms with Crippen molar-refractivity contribution in [2.75, 3.05) is 0 Å². The highest BCUT2D eigenvalue weighted by Crippen LogP contribution is 2.20. The minimum Gasteiger partial charge on any atom is -0.170 e. The first-order valence-corrected chi connectivity index (χ1v) is 13.6. The van der Waals surface area contributed by atoms with Crippen LogP contribution < -0.4 is 0 Å². The van der Waals surface area contributed by atoms with E-state index in [1.807, 2.05) is 20.5 Å². The van der Waals surface area contributed by atoms with Gasteiger partial charge in [-0.25, -0.2) is 0 Å². The van der Waals surface area contributed by atoms with E-state index in [1.165, 1.54) is 0 Å². The fraction of sp³-hybridized carbons (Fsp3) is 0.103. The number of terminal acetylenes is 13. The third-order valence-electron chi connectivity index (χ3n) is 8.30. The summed E-state index contributed by atoms with van der Waals surface area (Å²) >= 11 is 0. The zero-order chi connectivity index (χ0) is 33.3. The summed E-state index contributed by atoms with van der Waals surface area (Å²) in [5.41, 5.74) is 0. The summed E-state index contributed by atoms with van der Waals surface area (Å²) in [7, 11) is 0. The van der Waals surface area contributed by atoms with Gasteiger partial charge in [-0.05, 0) is 0 Å². The van der Waals surface area contributed by atoms with Crippen molar-refractivity contribution in [2.45, 2.75) is 20.5 Å². The normalized spacial score (nSPS) is 7.58. The van der Waals surface area contributed by atoms with E-state index < -0.39 is 71.5 Å². The smallest absolute Gasteiger partial charge is 0.170 e. The second-order valence-corrected chi connectivity index (χ2v) is 10.5. The predicted molar refractivity (Wildman–Crippen MR) is 213 cm³/mol. The van der Waals surface area contributed by atoms with Crippen LogP contribution in [-0.2, 0) is 0 Å². The Labute approximate surface area is 269 Å². The van der Waals surface area contributed by atoms with Crippen LogP contribution in [0.15, 0.2) is 0 Å². The lowest BCUT2D eigenvalue weighted by atomic mass is 8.37. The van der Waals surface area contributed by atoms with Gasteiger partial charge in [-0.1, -0.05) is 20.5 Å². The van der Waals surface area contributed by atoms with Gasteiger partial charge < -0.3 is 0 Å². The Balaban J connectivity index is 9.03. The van der Waals surface area contributed by atoms with Crippen LogP contribution in [0.2, 0.25) is 20.5 Å². The van der Waals surface area contributed by atoms with E-state index in [9.17, 15) is 0 Å². The fourth-order valence-corrected chi connectivity index (χ4v) is 6.54. The Morgan fingerprint density at radius 2 is 0.442 bits per heavy atom. The molecule has 0 saturated carbocycles.